The average molecular weight is 302 g/mol. The van der Waals surface area contributed by atoms with Gasteiger partial charge in [0.15, 0.2) is 0 Å². The van der Waals surface area contributed by atoms with Gasteiger partial charge in [-0.2, -0.15) is 0 Å². The summed E-state index contributed by atoms with van der Waals surface area (Å²) < 4.78 is 0.976. The van der Waals surface area contributed by atoms with E-state index in [0.717, 1.165) is 8.66 Å². The van der Waals surface area contributed by atoms with E-state index in [-0.39, 0.29) is 5.91 Å². The van der Waals surface area contributed by atoms with Crippen molar-refractivity contribution in [1.29, 1.82) is 0 Å². The highest BCUT2D eigenvalue weighted by atomic mass is 79.9. The lowest BCUT2D eigenvalue weighted by atomic mass is 10.4. The van der Waals surface area contributed by atoms with Crippen molar-refractivity contribution in [3.63, 3.8) is 0 Å². The molecular weight excluding hydrogens is 294 g/mol. The number of thiophene rings is 2. The van der Waals surface area contributed by atoms with Crippen molar-refractivity contribution in [2.24, 2.45) is 0 Å². The zero-order valence-electron chi connectivity index (χ0n) is 7.70. The van der Waals surface area contributed by atoms with Crippen molar-refractivity contribution in [2.45, 2.75) is 6.54 Å². The monoisotopic (exact) mass is 301 g/mol. The fourth-order valence-corrected chi connectivity index (χ4v) is 3.05. The molecule has 2 heterocycles. The molecule has 5 heteroatoms. The number of carbonyl (C=O) groups excluding carboxylic acids is 1. The van der Waals surface area contributed by atoms with Gasteiger partial charge in [-0.1, -0.05) is 6.07 Å². The lowest BCUT2D eigenvalue weighted by molar-refractivity contribution is 0.0955. The first-order valence-corrected chi connectivity index (χ1v) is 6.80. The molecule has 0 unspecified atom stereocenters. The van der Waals surface area contributed by atoms with Crippen LogP contribution in [-0.2, 0) is 6.54 Å². The van der Waals surface area contributed by atoms with Gasteiger partial charge in [0.25, 0.3) is 5.91 Å². The summed E-state index contributed by atoms with van der Waals surface area (Å²) in [6.07, 6.45) is 0. The fraction of sp³-hybridized carbons (Fsp3) is 0.100. The predicted molar refractivity (Wildman–Crippen MR) is 67.5 cm³/mol. The highest BCUT2D eigenvalue weighted by Gasteiger charge is 2.07. The Labute approximate surface area is 104 Å². The molecule has 0 saturated carbocycles. The minimum Gasteiger partial charge on any atom is -0.346 e. The van der Waals surface area contributed by atoms with Crippen LogP contribution >= 0.6 is 38.6 Å². The molecule has 0 aliphatic carbocycles. The maximum absolute atomic E-state index is 11.6. The summed E-state index contributed by atoms with van der Waals surface area (Å²) in [5.41, 5.74) is 0. The van der Waals surface area contributed by atoms with Crippen LogP contribution in [0.25, 0.3) is 0 Å². The molecule has 1 N–H and O–H groups in total. The third kappa shape index (κ3) is 2.90. The van der Waals surface area contributed by atoms with Crippen molar-refractivity contribution >= 4 is 44.5 Å². The highest BCUT2D eigenvalue weighted by molar-refractivity contribution is 9.11. The summed E-state index contributed by atoms with van der Waals surface area (Å²) in [7, 11) is 0. The molecule has 0 bridgehead atoms. The smallest absolute Gasteiger partial charge is 0.261 e. The molecule has 2 aromatic heterocycles. The summed E-state index contributed by atoms with van der Waals surface area (Å²) in [5.74, 6) is -0.0147. The number of hydrogen-bond acceptors (Lipinski definition) is 3. The minimum absolute atomic E-state index is 0.0147. The largest absolute Gasteiger partial charge is 0.346 e. The van der Waals surface area contributed by atoms with E-state index in [2.05, 4.69) is 21.2 Å². The van der Waals surface area contributed by atoms with Gasteiger partial charge in [-0.25, -0.2) is 0 Å². The van der Waals surface area contributed by atoms with E-state index < -0.39 is 0 Å². The fourth-order valence-electron chi connectivity index (χ4n) is 1.10. The Kier molecular flexibility index (Phi) is 3.56. The van der Waals surface area contributed by atoms with Crippen LogP contribution in [0.3, 0.4) is 0 Å². The number of amides is 1. The van der Waals surface area contributed by atoms with Gasteiger partial charge in [0, 0.05) is 4.88 Å². The quantitative estimate of drug-likeness (QED) is 0.923. The Balaban J connectivity index is 1.93. The topological polar surface area (TPSA) is 29.1 Å². The lowest BCUT2D eigenvalue weighted by Gasteiger charge is -2.00. The first-order chi connectivity index (χ1) is 7.25. The molecule has 0 atom stereocenters. The molecular formula is C10H8BrNOS2. The molecule has 2 rings (SSSR count). The number of halogens is 1. The zero-order valence-corrected chi connectivity index (χ0v) is 10.9. The van der Waals surface area contributed by atoms with Gasteiger partial charge in [0.2, 0.25) is 0 Å². The van der Waals surface area contributed by atoms with Crippen molar-refractivity contribution in [3.8, 4) is 0 Å². The van der Waals surface area contributed by atoms with Crippen LogP contribution in [0, 0.1) is 0 Å². The Morgan fingerprint density at radius 2 is 2.27 bits per heavy atom. The second-order valence-corrected chi connectivity index (χ2v) is 6.36. The first kappa shape index (κ1) is 10.9. The summed E-state index contributed by atoms with van der Waals surface area (Å²) in [5, 5.41) is 4.88. The molecule has 0 spiro atoms. The summed E-state index contributed by atoms with van der Waals surface area (Å²) in [6, 6.07) is 7.69. The first-order valence-electron chi connectivity index (χ1n) is 4.31. The van der Waals surface area contributed by atoms with Gasteiger partial charge in [0.1, 0.15) is 0 Å². The van der Waals surface area contributed by atoms with Crippen molar-refractivity contribution < 1.29 is 4.79 Å². The second-order valence-electron chi connectivity index (χ2n) is 2.87. The summed E-state index contributed by atoms with van der Waals surface area (Å²) in [6.45, 7) is 0.603. The molecule has 78 valence electrons. The van der Waals surface area contributed by atoms with E-state index in [1.54, 1.807) is 11.3 Å². The molecule has 0 radical (unpaired) electrons. The Morgan fingerprint density at radius 1 is 1.40 bits per heavy atom. The maximum atomic E-state index is 11.6. The number of hydrogen-bond donors (Lipinski definition) is 1. The number of carbonyl (C=O) groups is 1. The van der Waals surface area contributed by atoms with Crippen molar-refractivity contribution in [1.82, 2.24) is 5.32 Å². The van der Waals surface area contributed by atoms with Gasteiger partial charge in [-0.3, -0.25) is 4.79 Å². The molecule has 1 amide bonds. The van der Waals surface area contributed by atoms with Gasteiger partial charge in [0.05, 0.1) is 15.2 Å². The Hall–Kier alpha value is -0.650. The number of nitrogens with one attached hydrogen (secondary N) is 1. The van der Waals surface area contributed by atoms with E-state index in [4.69, 9.17) is 0 Å². The van der Waals surface area contributed by atoms with Crippen molar-refractivity contribution in [3.05, 3.63) is 43.2 Å². The summed E-state index contributed by atoms with van der Waals surface area (Å²) in [4.78, 5) is 13.5. The third-order valence-electron chi connectivity index (χ3n) is 1.80. The van der Waals surface area contributed by atoms with Gasteiger partial charge >= 0.3 is 0 Å². The Morgan fingerprint density at radius 3 is 2.87 bits per heavy atom. The molecule has 0 aliphatic heterocycles. The third-order valence-corrected chi connectivity index (χ3v) is 4.30. The SMILES string of the molecule is O=C(NCc1cccs1)c1ccc(Br)s1. The van der Waals surface area contributed by atoms with Crippen LogP contribution in [0.5, 0.6) is 0 Å². The van der Waals surface area contributed by atoms with E-state index in [0.29, 0.717) is 6.54 Å². The Bertz CT molecular complexity index is 450. The maximum Gasteiger partial charge on any atom is 0.261 e. The normalized spacial score (nSPS) is 10.2. The van der Waals surface area contributed by atoms with E-state index >= 15 is 0 Å². The molecule has 15 heavy (non-hydrogen) atoms. The molecule has 0 aromatic carbocycles. The van der Waals surface area contributed by atoms with Crippen LogP contribution in [0.2, 0.25) is 0 Å². The van der Waals surface area contributed by atoms with Crippen LogP contribution in [0.15, 0.2) is 33.4 Å². The minimum atomic E-state index is -0.0147. The molecule has 0 fully saturated rings. The highest BCUT2D eigenvalue weighted by Crippen LogP contribution is 2.21. The molecule has 2 nitrogen and oxygen atoms in total. The van der Waals surface area contributed by atoms with Gasteiger partial charge in [-0.15, -0.1) is 22.7 Å². The number of rotatable bonds is 3. The zero-order chi connectivity index (χ0) is 10.7. The van der Waals surface area contributed by atoms with Crippen molar-refractivity contribution in [2.75, 3.05) is 0 Å². The molecule has 2 aromatic rings. The second kappa shape index (κ2) is 4.92. The molecule has 0 aliphatic rings. The standard InChI is InChI=1S/C10H8BrNOS2/c11-9-4-3-8(15-9)10(13)12-6-7-2-1-5-14-7/h1-5H,6H2,(H,12,13). The van der Waals surface area contributed by atoms with E-state index in [1.165, 1.54) is 16.2 Å². The lowest BCUT2D eigenvalue weighted by Crippen LogP contribution is -2.21. The molecule has 0 saturated heterocycles. The predicted octanol–water partition coefficient (Wildman–Crippen LogP) is 3.50. The summed E-state index contributed by atoms with van der Waals surface area (Å²) >= 11 is 6.42. The van der Waals surface area contributed by atoms with Crippen LogP contribution in [-0.4, -0.2) is 5.91 Å². The van der Waals surface area contributed by atoms with E-state index in [9.17, 15) is 4.79 Å². The van der Waals surface area contributed by atoms with Crippen LogP contribution in [0.4, 0.5) is 0 Å². The van der Waals surface area contributed by atoms with Crippen LogP contribution in [0.1, 0.15) is 14.5 Å². The van der Waals surface area contributed by atoms with Gasteiger partial charge < -0.3 is 5.32 Å². The average Bonchev–Trinajstić information content (AvgIpc) is 2.84. The van der Waals surface area contributed by atoms with E-state index in [1.807, 2.05) is 29.6 Å². The van der Waals surface area contributed by atoms with Crippen LogP contribution < -0.4 is 5.32 Å². The van der Waals surface area contributed by atoms with Gasteiger partial charge in [-0.05, 0) is 39.5 Å².